The predicted octanol–water partition coefficient (Wildman–Crippen LogP) is 2.81. The molecule has 18 heavy (non-hydrogen) atoms. The van der Waals surface area contributed by atoms with Crippen LogP contribution >= 0.6 is 0 Å². The number of nitriles is 1. The summed E-state index contributed by atoms with van der Waals surface area (Å²) >= 11 is 0. The third-order valence-electron chi connectivity index (χ3n) is 1.73. The summed E-state index contributed by atoms with van der Waals surface area (Å²) in [5, 5.41) is 10.5. The maximum atomic E-state index is 13.1. The molecule has 4 nitrogen and oxygen atoms in total. The van der Waals surface area contributed by atoms with Crippen LogP contribution in [-0.2, 0) is 4.74 Å². The molecule has 1 aromatic carbocycles. The van der Waals surface area contributed by atoms with E-state index in [0.717, 1.165) is 12.1 Å². The number of nitrogens with zero attached hydrogens (tertiary/aromatic N) is 1. The lowest BCUT2D eigenvalue weighted by molar-refractivity contribution is -0.159. The van der Waals surface area contributed by atoms with Crippen molar-refractivity contribution in [2.45, 2.75) is 6.18 Å². The standard InChI is InChI=1S/C10H6F4N2O2/c11-7-2-1-3-8(6(7)4-15)16-9(17)18-5-10(12,13)14/h1-3H,5H2,(H,16,17). The molecule has 8 heteroatoms. The van der Waals surface area contributed by atoms with Crippen molar-refractivity contribution in [1.82, 2.24) is 0 Å². The summed E-state index contributed by atoms with van der Waals surface area (Å²) < 4.78 is 52.2. The number of nitrogens with one attached hydrogen (secondary N) is 1. The Bertz CT molecular complexity index is 494. The Hall–Kier alpha value is -2.30. The van der Waals surface area contributed by atoms with Crippen molar-refractivity contribution >= 4 is 11.8 Å². The number of carbonyl (C=O) groups excluding carboxylic acids is 1. The summed E-state index contributed by atoms with van der Waals surface area (Å²) in [7, 11) is 0. The monoisotopic (exact) mass is 262 g/mol. The van der Waals surface area contributed by atoms with Crippen molar-refractivity contribution < 1.29 is 27.1 Å². The van der Waals surface area contributed by atoms with Crippen LogP contribution in [0.25, 0.3) is 0 Å². The summed E-state index contributed by atoms with van der Waals surface area (Å²) in [5.74, 6) is -0.897. The first-order valence-electron chi connectivity index (χ1n) is 4.52. The lowest BCUT2D eigenvalue weighted by Crippen LogP contribution is -2.23. The number of amides is 1. The number of hydrogen-bond acceptors (Lipinski definition) is 3. The molecule has 0 unspecified atom stereocenters. The average Bonchev–Trinajstić information content (AvgIpc) is 2.26. The zero-order valence-electron chi connectivity index (χ0n) is 8.71. The molecule has 0 radical (unpaired) electrons. The molecule has 0 heterocycles. The largest absolute Gasteiger partial charge is 0.440 e. The van der Waals surface area contributed by atoms with E-state index in [-0.39, 0.29) is 5.69 Å². The Morgan fingerprint density at radius 1 is 1.44 bits per heavy atom. The number of hydrogen-bond donors (Lipinski definition) is 1. The molecule has 0 fully saturated rings. The van der Waals surface area contributed by atoms with E-state index in [1.54, 1.807) is 0 Å². The van der Waals surface area contributed by atoms with Crippen LogP contribution in [0.2, 0.25) is 0 Å². The third kappa shape index (κ3) is 3.93. The van der Waals surface area contributed by atoms with E-state index >= 15 is 0 Å². The molecule has 0 bridgehead atoms. The van der Waals surface area contributed by atoms with Gasteiger partial charge in [0.05, 0.1) is 5.69 Å². The molecule has 0 aliphatic carbocycles. The van der Waals surface area contributed by atoms with E-state index in [1.165, 1.54) is 12.1 Å². The minimum Gasteiger partial charge on any atom is -0.440 e. The van der Waals surface area contributed by atoms with Gasteiger partial charge in [0, 0.05) is 0 Å². The van der Waals surface area contributed by atoms with Crippen LogP contribution in [0.5, 0.6) is 0 Å². The van der Waals surface area contributed by atoms with Gasteiger partial charge < -0.3 is 4.74 Å². The Labute approximate surface area is 98.8 Å². The van der Waals surface area contributed by atoms with Gasteiger partial charge in [-0.05, 0) is 12.1 Å². The zero-order chi connectivity index (χ0) is 13.8. The maximum absolute atomic E-state index is 13.1. The van der Waals surface area contributed by atoms with Crippen molar-refractivity contribution in [2.75, 3.05) is 11.9 Å². The van der Waals surface area contributed by atoms with Gasteiger partial charge in [-0.1, -0.05) is 6.07 Å². The molecule has 96 valence electrons. The second-order valence-electron chi connectivity index (χ2n) is 3.09. The molecule has 0 spiro atoms. The van der Waals surface area contributed by atoms with Gasteiger partial charge in [-0.15, -0.1) is 0 Å². The number of alkyl halides is 3. The highest BCUT2D eigenvalue weighted by molar-refractivity contribution is 5.86. The van der Waals surface area contributed by atoms with Crippen LogP contribution < -0.4 is 5.32 Å². The molecule has 1 N–H and O–H groups in total. The zero-order valence-corrected chi connectivity index (χ0v) is 8.71. The van der Waals surface area contributed by atoms with Gasteiger partial charge in [-0.25, -0.2) is 9.18 Å². The first-order valence-corrected chi connectivity index (χ1v) is 4.52. The smallest absolute Gasteiger partial charge is 0.422 e. The second kappa shape index (κ2) is 5.35. The van der Waals surface area contributed by atoms with Gasteiger partial charge in [-0.3, -0.25) is 5.32 Å². The Kier molecular flexibility index (Phi) is 4.09. The maximum Gasteiger partial charge on any atom is 0.422 e. The number of rotatable bonds is 2. The van der Waals surface area contributed by atoms with Gasteiger partial charge in [-0.2, -0.15) is 18.4 Å². The predicted molar refractivity (Wildman–Crippen MR) is 52.1 cm³/mol. The van der Waals surface area contributed by atoms with E-state index in [9.17, 15) is 22.4 Å². The van der Waals surface area contributed by atoms with Crippen molar-refractivity contribution in [3.05, 3.63) is 29.6 Å². The molecular formula is C10H6F4N2O2. The van der Waals surface area contributed by atoms with Crippen LogP contribution in [0.3, 0.4) is 0 Å². The fraction of sp³-hybridized carbons (Fsp3) is 0.200. The highest BCUT2D eigenvalue weighted by Crippen LogP contribution is 2.19. The Balaban J connectivity index is 2.72. The van der Waals surface area contributed by atoms with Crippen molar-refractivity contribution in [3.63, 3.8) is 0 Å². The molecule has 0 atom stereocenters. The molecular weight excluding hydrogens is 256 g/mol. The van der Waals surface area contributed by atoms with Crippen molar-refractivity contribution in [1.29, 1.82) is 5.26 Å². The minimum absolute atomic E-state index is 0.260. The molecule has 1 rings (SSSR count). The van der Waals surface area contributed by atoms with Crippen molar-refractivity contribution in [3.8, 4) is 6.07 Å². The second-order valence-corrected chi connectivity index (χ2v) is 3.09. The number of carbonyl (C=O) groups is 1. The highest BCUT2D eigenvalue weighted by atomic mass is 19.4. The van der Waals surface area contributed by atoms with Crippen LogP contribution in [0, 0.1) is 17.1 Å². The van der Waals surface area contributed by atoms with Crippen molar-refractivity contribution in [2.24, 2.45) is 0 Å². The lowest BCUT2D eigenvalue weighted by atomic mass is 10.2. The topological polar surface area (TPSA) is 62.1 Å². The summed E-state index contributed by atoms with van der Waals surface area (Å²) in [4.78, 5) is 11.0. The van der Waals surface area contributed by atoms with Gasteiger partial charge >= 0.3 is 12.3 Å². The lowest BCUT2D eigenvalue weighted by Gasteiger charge is -2.10. The van der Waals surface area contributed by atoms with E-state index in [1.807, 2.05) is 5.32 Å². The molecule has 0 saturated heterocycles. The van der Waals surface area contributed by atoms with Crippen LogP contribution in [0.15, 0.2) is 18.2 Å². The van der Waals surface area contributed by atoms with Gasteiger partial charge in [0.1, 0.15) is 17.4 Å². The first kappa shape index (κ1) is 13.8. The van der Waals surface area contributed by atoms with Gasteiger partial charge in [0.2, 0.25) is 0 Å². The van der Waals surface area contributed by atoms with E-state index in [4.69, 9.17) is 5.26 Å². The van der Waals surface area contributed by atoms with E-state index in [2.05, 4.69) is 4.74 Å². The summed E-state index contributed by atoms with van der Waals surface area (Å²) in [6, 6.07) is 4.80. The average molecular weight is 262 g/mol. The Morgan fingerprint density at radius 3 is 2.67 bits per heavy atom. The van der Waals surface area contributed by atoms with Gasteiger partial charge in [0.15, 0.2) is 6.61 Å². The number of benzene rings is 1. The van der Waals surface area contributed by atoms with E-state index < -0.39 is 30.3 Å². The number of ether oxygens (including phenoxy) is 1. The minimum atomic E-state index is -4.66. The summed E-state index contributed by atoms with van der Waals surface area (Å²) in [6.07, 6.45) is -6.08. The first-order chi connectivity index (χ1) is 8.33. The summed E-state index contributed by atoms with van der Waals surface area (Å²) in [6.45, 7) is -1.77. The highest BCUT2D eigenvalue weighted by Gasteiger charge is 2.29. The van der Waals surface area contributed by atoms with Crippen LogP contribution in [0.4, 0.5) is 28.0 Å². The van der Waals surface area contributed by atoms with Gasteiger partial charge in [0.25, 0.3) is 0 Å². The molecule has 0 aliphatic rings. The SMILES string of the molecule is N#Cc1c(F)cccc1NC(=O)OCC(F)(F)F. The Morgan fingerprint density at radius 2 is 2.11 bits per heavy atom. The molecule has 1 aromatic rings. The van der Waals surface area contributed by atoms with Crippen LogP contribution in [-0.4, -0.2) is 18.9 Å². The normalized spacial score (nSPS) is 10.6. The number of halogens is 4. The molecule has 0 aliphatic heterocycles. The fourth-order valence-electron chi connectivity index (χ4n) is 1.04. The quantitative estimate of drug-likeness (QED) is 0.833. The molecule has 0 saturated carbocycles. The van der Waals surface area contributed by atoms with E-state index in [0.29, 0.717) is 0 Å². The summed E-state index contributed by atoms with van der Waals surface area (Å²) in [5.41, 5.74) is -0.744. The molecule has 0 aromatic heterocycles. The fourth-order valence-corrected chi connectivity index (χ4v) is 1.04. The van der Waals surface area contributed by atoms with Crippen LogP contribution in [0.1, 0.15) is 5.56 Å². The molecule has 1 amide bonds. The number of anilines is 1. The third-order valence-corrected chi connectivity index (χ3v) is 1.73.